The Morgan fingerprint density at radius 2 is 1.70 bits per heavy atom. The third-order valence-corrected chi connectivity index (χ3v) is 6.66. The van der Waals surface area contributed by atoms with Crippen molar-refractivity contribution in [1.82, 2.24) is 19.6 Å². The summed E-state index contributed by atoms with van der Waals surface area (Å²) in [5, 5.41) is 4.61. The molecule has 4 rings (SSSR count). The summed E-state index contributed by atoms with van der Waals surface area (Å²) in [5.74, 6) is 0.567. The topological polar surface area (TPSA) is 80.1 Å². The number of carbonyl (C=O) groups excluding carboxylic acids is 2. The molecule has 2 heterocycles. The molecule has 9 heteroatoms. The van der Waals surface area contributed by atoms with Crippen molar-refractivity contribution in [3.05, 3.63) is 65.9 Å². The van der Waals surface area contributed by atoms with Crippen molar-refractivity contribution < 1.29 is 19.1 Å². The van der Waals surface area contributed by atoms with Crippen LogP contribution in [0.2, 0.25) is 0 Å². The van der Waals surface area contributed by atoms with Gasteiger partial charge in [-0.2, -0.15) is 5.10 Å². The van der Waals surface area contributed by atoms with Crippen LogP contribution in [-0.2, 0) is 23.1 Å². The van der Waals surface area contributed by atoms with Gasteiger partial charge >= 0.3 is 0 Å². The summed E-state index contributed by atoms with van der Waals surface area (Å²) in [4.78, 5) is 32.6. The van der Waals surface area contributed by atoms with Crippen LogP contribution < -0.4 is 9.64 Å². The minimum atomic E-state index is -0.105. The number of anilines is 1. The predicted octanol–water partition coefficient (Wildman–Crippen LogP) is 3.05. The highest BCUT2D eigenvalue weighted by molar-refractivity contribution is 5.96. The van der Waals surface area contributed by atoms with E-state index in [0.29, 0.717) is 25.3 Å². The molecule has 0 saturated heterocycles. The highest BCUT2D eigenvalue weighted by Crippen LogP contribution is 2.26. The van der Waals surface area contributed by atoms with Crippen LogP contribution in [0.4, 0.5) is 5.69 Å². The normalized spacial score (nSPS) is 15.1. The first-order chi connectivity index (χ1) is 17.9. The second-order valence-corrected chi connectivity index (χ2v) is 9.26. The van der Waals surface area contributed by atoms with E-state index >= 15 is 0 Å². The number of carbonyl (C=O) groups is 2. The molecule has 0 unspecified atom stereocenters. The molecule has 2 amide bonds. The monoisotopic (exact) mass is 505 g/mol. The standard InChI is InChI=1S/C28H35N5O4/c1-30-14-7-15-33(27(34)20-36-3)25-9-6-5-8-22(25)19-32(17-16-30)28(35)26-18-24(29-31(26)2)21-10-12-23(37-4)13-11-21/h5-6,8-13,18H,7,14-17,19-20H2,1-4H3. The van der Waals surface area contributed by atoms with Crippen molar-refractivity contribution in [1.29, 1.82) is 0 Å². The molecule has 0 spiro atoms. The van der Waals surface area contributed by atoms with Crippen molar-refractivity contribution in [3.63, 3.8) is 0 Å². The molecule has 1 aromatic heterocycles. The maximum absolute atomic E-state index is 13.9. The molecule has 3 aromatic rings. The fourth-order valence-corrected chi connectivity index (χ4v) is 4.58. The molecule has 1 aliphatic heterocycles. The smallest absolute Gasteiger partial charge is 0.272 e. The van der Waals surface area contributed by atoms with Gasteiger partial charge in [0.05, 0.1) is 12.8 Å². The molecule has 0 N–H and O–H groups in total. The van der Waals surface area contributed by atoms with Crippen LogP contribution >= 0.6 is 0 Å². The highest BCUT2D eigenvalue weighted by Gasteiger charge is 2.25. The van der Waals surface area contributed by atoms with Gasteiger partial charge in [-0.15, -0.1) is 0 Å². The summed E-state index contributed by atoms with van der Waals surface area (Å²) in [7, 11) is 6.99. The van der Waals surface area contributed by atoms with E-state index in [1.807, 2.05) is 66.5 Å². The number of amides is 2. The van der Waals surface area contributed by atoms with Gasteiger partial charge in [-0.3, -0.25) is 14.3 Å². The lowest BCUT2D eigenvalue weighted by molar-refractivity contribution is -0.122. The largest absolute Gasteiger partial charge is 0.497 e. The predicted molar refractivity (Wildman–Crippen MR) is 143 cm³/mol. The summed E-state index contributed by atoms with van der Waals surface area (Å²) >= 11 is 0. The van der Waals surface area contributed by atoms with Gasteiger partial charge in [-0.05, 0) is 62.0 Å². The zero-order chi connectivity index (χ0) is 26.4. The van der Waals surface area contributed by atoms with Crippen molar-refractivity contribution >= 4 is 17.5 Å². The zero-order valence-electron chi connectivity index (χ0n) is 22.0. The second-order valence-electron chi connectivity index (χ2n) is 9.26. The van der Waals surface area contributed by atoms with E-state index < -0.39 is 0 Å². The maximum atomic E-state index is 13.9. The van der Waals surface area contributed by atoms with Crippen molar-refractivity contribution in [2.75, 3.05) is 59.0 Å². The molecule has 0 saturated carbocycles. The first-order valence-corrected chi connectivity index (χ1v) is 12.4. The van der Waals surface area contributed by atoms with E-state index in [0.717, 1.165) is 47.8 Å². The van der Waals surface area contributed by atoms with Crippen molar-refractivity contribution in [2.45, 2.75) is 13.0 Å². The third kappa shape index (κ3) is 6.18. The van der Waals surface area contributed by atoms with Gasteiger partial charge in [0.2, 0.25) is 0 Å². The summed E-state index contributed by atoms with van der Waals surface area (Å²) in [6.45, 7) is 3.07. The van der Waals surface area contributed by atoms with Crippen LogP contribution in [0.1, 0.15) is 22.5 Å². The highest BCUT2D eigenvalue weighted by atomic mass is 16.5. The molecular formula is C28H35N5O4. The number of ether oxygens (including phenoxy) is 2. The molecule has 2 aromatic carbocycles. The van der Waals surface area contributed by atoms with Gasteiger partial charge < -0.3 is 24.2 Å². The molecule has 0 bridgehead atoms. The van der Waals surface area contributed by atoms with Crippen LogP contribution in [-0.4, -0.2) is 85.4 Å². The number of likely N-dealkylation sites (N-methyl/N-ethyl adjacent to an activating group) is 1. The van der Waals surface area contributed by atoms with Crippen molar-refractivity contribution in [3.8, 4) is 17.0 Å². The number of aromatic nitrogens is 2. The van der Waals surface area contributed by atoms with E-state index in [2.05, 4.69) is 10.00 Å². The Balaban J connectivity index is 1.66. The Morgan fingerprint density at radius 3 is 2.43 bits per heavy atom. The van der Waals surface area contributed by atoms with E-state index in [1.54, 1.807) is 23.7 Å². The molecule has 0 radical (unpaired) electrons. The molecule has 1 aliphatic rings. The Hall–Kier alpha value is -3.69. The minimum absolute atomic E-state index is 0.00990. The number of nitrogens with zero attached hydrogens (tertiary/aromatic N) is 5. The Labute approximate surface area is 218 Å². The fourth-order valence-electron chi connectivity index (χ4n) is 4.58. The summed E-state index contributed by atoms with van der Waals surface area (Å²) in [5.41, 5.74) is 3.87. The third-order valence-electron chi connectivity index (χ3n) is 6.66. The van der Waals surface area contributed by atoms with E-state index in [-0.39, 0.29) is 18.4 Å². The quantitative estimate of drug-likeness (QED) is 0.530. The van der Waals surface area contributed by atoms with Crippen LogP contribution in [0.5, 0.6) is 5.75 Å². The number of fused-ring (bicyclic) bond motifs is 1. The van der Waals surface area contributed by atoms with Gasteiger partial charge in [0.25, 0.3) is 11.8 Å². The number of hydrogen-bond acceptors (Lipinski definition) is 6. The summed E-state index contributed by atoms with van der Waals surface area (Å²) in [6, 6.07) is 17.2. The average Bonchev–Trinajstić information content (AvgIpc) is 3.29. The second kappa shape index (κ2) is 12.0. The lowest BCUT2D eigenvalue weighted by Gasteiger charge is -2.27. The first-order valence-electron chi connectivity index (χ1n) is 12.4. The van der Waals surface area contributed by atoms with Crippen molar-refractivity contribution in [2.24, 2.45) is 7.05 Å². The molecule has 0 fully saturated rings. The lowest BCUT2D eigenvalue weighted by Crippen LogP contribution is -2.38. The molecule has 37 heavy (non-hydrogen) atoms. The number of benzene rings is 2. The minimum Gasteiger partial charge on any atom is -0.497 e. The van der Waals surface area contributed by atoms with E-state index in [4.69, 9.17) is 9.47 Å². The van der Waals surface area contributed by atoms with Gasteiger partial charge in [-0.1, -0.05) is 18.2 Å². The van der Waals surface area contributed by atoms with E-state index in [9.17, 15) is 9.59 Å². The lowest BCUT2D eigenvalue weighted by atomic mass is 10.1. The molecule has 0 atom stereocenters. The van der Waals surface area contributed by atoms with Crippen LogP contribution in [0, 0.1) is 0 Å². The number of rotatable bonds is 5. The fraction of sp³-hybridized carbons (Fsp3) is 0.393. The summed E-state index contributed by atoms with van der Waals surface area (Å²) < 4.78 is 12.0. The Kier molecular flexibility index (Phi) is 8.58. The molecule has 0 aliphatic carbocycles. The number of aryl methyl sites for hydroxylation is 1. The van der Waals surface area contributed by atoms with Gasteiger partial charge in [0.1, 0.15) is 18.1 Å². The molecule has 196 valence electrons. The number of hydrogen-bond donors (Lipinski definition) is 0. The first kappa shape index (κ1) is 26.4. The average molecular weight is 506 g/mol. The van der Waals surface area contributed by atoms with E-state index in [1.165, 1.54) is 7.11 Å². The Morgan fingerprint density at radius 1 is 0.946 bits per heavy atom. The maximum Gasteiger partial charge on any atom is 0.272 e. The molecule has 9 nitrogen and oxygen atoms in total. The number of para-hydroxylation sites is 1. The SMILES string of the molecule is COCC(=O)N1CCCN(C)CCN(C(=O)c2cc(-c3ccc(OC)cc3)nn2C)Cc2ccccc21. The van der Waals surface area contributed by atoms with Crippen LogP contribution in [0.25, 0.3) is 11.3 Å². The number of methoxy groups -OCH3 is 2. The van der Waals surface area contributed by atoms with Gasteiger partial charge in [0.15, 0.2) is 0 Å². The van der Waals surface area contributed by atoms with Crippen LogP contribution in [0.3, 0.4) is 0 Å². The zero-order valence-corrected chi connectivity index (χ0v) is 22.0. The molecular weight excluding hydrogens is 470 g/mol. The Bertz CT molecular complexity index is 1220. The summed E-state index contributed by atoms with van der Waals surface area (Å²) in [6.07, 6.45) is 0.821. The van der Waals surface area contributed by atoms with Gasteiger partial charge in [0, 0.05) is 51.6 Å². The van der Waals surface area contributed by atoms with Crippen LogP contribution in [0.15, 0.2) is 54.6 Å². The van der Waals surface area contributed by atoms with Gasteiger partial charge in [-0.25, -0.2) is 0 Å².